The van der Waals surface area contributed by atoms with Gasteiger partial charge in [0.15, 0.2) is 5.79 Å². The van der Waals surface area contributed by atoms with Gasteiger partial charge in [0.1, 0.15) is 6.04 Å². The molecule has 7 nitrogen and oxygen atoms in total. The molecule has 0 aliphatic carbocycles. The number of carbonyl (C=O) groups excluding carboxylic acids is 2. The van der Waals surface area contributed by atoms with Crippen LogP contribution in [0.2, 0.25) is 0 Å². The van der Waals surface area contributed by atoms with E-state index < -0.39 is 23.8 Å². The molecular formula is C8H15N3O4. The molecule has 1 atom stereocenters. The first-order valence-electron chi connectivity index (χ1n) is 4.41. The molecule has 15 heavy (non-hydrogen) atoms. The van der Waals surface area contributed by atoms with Crippen LogP contribution >= 0.6 is 0 Å². The predicted molar refractivity (Wildman–Crippen MR) is 50.6 cm³/mol. The standard InChI is InChI=1S/C8H15N3O4/c1-14-8(15-2)3-5(6(9)12)11(4-8)7(10)13/h5H,3-4H2,1-2H3,(H2,9,12)(H2,10,13). The van der Waals surface area contributed by atoms with E-state index in [2.05, 4.69) is 0 Å². The predicted octanol–water partition coefficient (Wildman–Crippen LogP) is -1.39. The second kappa shape index (κ2) is 4.03. The maximum Gasteiger partial charge on any atom is 0.315 e. The summed E-state index contributed by atoms with van der Waals surface area (Å²) in [6.45, 7) is 0.100. The molecule has 86 valence electrons. The molecule has 0 aromatic rings. The number of hydrogen-bond acceptors (Lipinski definition) is 4. The largest absolute Gasteiger partial charge is 0.368 e. The number of carbonyl (C=O) groups is 2. The fourth-order valence-electron chi connectivity index (χ4n) is 1.70. The minimum absolute atomic E-state index is 0.100. The second-order valence-corrected chi connectivity index (χ2v) is 3.41. The van der Waals surface area contributed by atoms with Gasteiger partial charge in [-0.1, -0.05) is 0 Å². The molecule has 1 fully saturated rings. The number of rotatable bonds is 3. The van der Waals surface area contributed by atoms with Crippen molar-refractivity contribution in [1.82, 2.24) is 4.90 Å². The summed E-state index contributed by atoms with van der Waals surface area (Å²) in [5.74, 6) is -1.61. The summed E-state index contributed by atoms with van der Waals surface area (Å²) in [6.07, 6.45) is 0.193. The number of likely N-dealkylation sites (tertiary alicyclic amines) is 1. The van der Waals surface area contributed by atoms with Crippen LogP contribution in [0, 0.1) is 0 Å². The summed E-state index contributed by atoms with van der Waals surface area (Å²) < 4.78 is 10.3. The van der Waals surface area contributed by atoms with Gasteiger partial charge in [-0.2, -0.15) is 0 Å². The highest BCUT2D eigenvalue weighted by molar-refractivity contribution is 5.86. The monoisotopic (exact) mass is 217 g/mol. The van der Waals surface area contributed by atoms with Crippen LogP contribution in [0.15, 0.2) is 0 Å². The van der Waals surface area contributed by atoms with Gasteiger partial charge in [-0.25, -0.2) is 4.79 Å². The molecule has 0 aromatic carbocycles. The maximum absolute atomic E-state index is 11.1. The molecule has 7 heteroatoms. The highest BCUT2D eigenvalue weighted by Crippen LogP contribution is 2.30. The number of hydrogen-bond donors (Lipinski definition) is 2. The van der Waals surface area contributed by atoms with Crippen LogP contribution in [0.4, 0.5) is 4.79 Å². The smallest absolute Gasteiger partial charge is 0.315 e. The molecule has 1 saturated heterocycles. The highest BCUT2D eigenvalue weighted by Gasteiger charge is 2.48. The van der Waals surface area contributed by atoms with Gasteiger partial charge in [-0.05, 0) is 0 Å². The SMILES string of the molecule is COC1(OC)CC(C(N)=O)N(C(N)=O)C1. The Morgan fingerprint density at radius 1 is 1.33 bits per heavy atom. The lowest BCUT2D eigenvalue weighted by Gasteiger charge is -2.25. The minimum atomic E-state index is -0.991. The summed E-state index contributed by atoms with van der Waals surface area (Å²) in [7, 11) is 2.87. The van der Waals surface area contributed by atoms with E-state index in [1.165, 1.54) is 14.2 Å². The van der Waals surface area contributed by atoms with E-state index in [4.69, 9.17) is 20.9 Å². The Balaban J connectivity index is 2.90. The normalized spacial score (nSPS) is 24.1. The number of urea groups is 1. The Hall–Kier alpha value is -1.34. The molecule has 0 spiro atoms. The lowest BCUT2D eigenvalue weighted by molar-refractivity contribution is -0.195. The quantitative estimate of drug-likeness (QED) is 0.567. The topological polar surface area (TPSA) is 108 Å². The van der Waals surface area contributed by atoms with Crippen LogP contribution in [-0.2, 0) is 14.3 Å². The van der Waals surface area contributed by atoms with Gasteiger partial charge in [0, 0.05) is 20.6 Å². The third-order valence-electron chi connectivity index (χ3n) is 2.65. The Labute approximate surface area is 87.3 Å². The summed E-state index contributed by atoms with van der Waals surface area (Å²) in [5, 5.41) is 0. The summed E-state index contributed by atoms with van der Waals surface area (Å²) in [5.41, 5.74) is 10.3. The molecule has 1 rings (SSSR count). The number of methoxy groups -OCH3 is 2. The molecule has 4 N–H and O–H groups in total. The van der Waals surface area contributed by atoms with Crippen molar-refractivity contribution >= 4 is 11.9 Å². The fraction of sp³-hybridized carbons (Fsp3) is 0.750. The van der Waals surface area contributed by atoms with Crippen LogP contribution in [-0.4, -0.2) is 49.4 Å². The van der Waals surface area contributed by atoms with E-state index in [1.54, 1.807) is 0 Å². The Bertz CT molecular complexity index is 253. The van der Waals surface area contributed by atoms with Crippen LogP contribution in [0.1, 0.15) is 6.42 Å². The van der Waals surface area contributed by atoms with Crippen molar-refractivity contribution in [3.8, 4) is 0 Å². The average molecular weight is 217 g/mol. The molecule has 1 heterocycles. The molecule has 0 aromatic heterocycles. The number of nitrogens with zero attached hydrogens (tertiary/aromatic N) is 1. The summed E-state index contributed by atoms with van der Waals surface area (Å²) >= 11 is 0. The first-order chi connectivity index (χ1) is 6.95. The van der Waals surface area contributed by atoms with E-state index in [1.807, 2.05) is 0 Å². The van der Waals surface area contributed by atoms with Gasteiger partial charge in [0.25, 0.3) is 0 Å². The van der Waals surface area contributed by atoms with Crippen LogP contribution in [0.5, 0.6) is 0 Å². The van der Waals surface area contributed by atoms with Crippen molar-refractivity contribution in [3.63, 3.8) is 0 Å². The van der Waals surface area contributed by atoms with Crippen molar-refractivity contribution in [1.29, 1.82) is 0 Å². The average Bonchev–Trinajstić information content (AvgIpc) is 2.58. The van der Waals surface area contributed by atoms with Crippen molar-refractivity contribution < 1.29 is 19.1 Å². The number of nitrogens with two attached hydrogens (primary N) is 2. The molecule has 3 amide bonds. The zero-order chi connectivity index (χ0) is 11.6. The second-order valence-electron chi connectivity index (χ2n) is 3.41. The van der Waals surface area contributed by atoms with Gasteiger partial charge < -0.3 is 25.8 Å². The lowest BCUT2D eigenvalue weighted by atomic mass is 10.1. The van der Waals surface area contributed by atoms with E-state index in [9.17, 15) is 9.59 Å². The third kappa shape index (κ3) is 2.02. The molecule has 0 saturated carbocycles. The van der Waals surface area contributed by atoms with Crippen LogP contribution in [0.25, 0.3) is 0 Å². The third-order valence-corrected chi connectivity index (χ3v) is 2.65. The van der Waals surface area contributed by atoms with Gasteiger partial charge in [0.05, 0.1) is 6.54 Å². The minimum Gasteiger partial charge on any atom is -0.368 e. The van der Waals surface area contributed by atoms with Gasteiger partial charge in [0.2, 0.25) is 5.91 Å². The molecule has 0 bridgehead atoms. The highest BCUT2D eigenvalue weighted by atomic mass is 16.7. The number of primary amides is 2. The first-order valence-corrected chi connectivity index (χ1v) is 4.41. The summed E-state index contributed by atoms with van der Waals surface area (Å²) in [6, 6.07) is -1.49. The van der Waals surface area contributed by atoms with Gasteiger partial charge in [-0.15, -0.1) is 0 Å². The summed E-state index contributed by atoms with van der Waals surface area (Å²) in [4.78, 5) is 23.3. The van der Waals surface area contributed by atoms with Crippen molar-refractivity contribution in [2.45, 2.75) is 18.2 Å². The zero-order valence-electron chi connectivity index (χ0n) is 8.73. The lowest BCUT2D eigenvalue weighted by Crippen LogP contribution is -2.46. The molecular weight excluding hydrogens is 202 g/mol. The first kappa shape index (κ1) is 11.7. The Morgan fingerprint density at radius 3 is 2.13 bits per heavy atom. The maximum atomic E-state index is 11.1. The number of ether oxygens (including phenoxy) is 2. The Morgan fingerprint density at radius 2 is 1.87 bits per heavy atom. The van der Waals surface area contributed by atoms with Crippen molar-refractivity contribution in [2.75, 3.05) is 20.8 Å². The van der Waals surface area contributed by atoms with E-state index >= 15 is 0 Å². The van der Waals surface area contributed by atoms with Crippen LogP contribution in [0.3, 0.4) is 0 Å². The van der Waals surface area contributed by atoms with E-state index in [0.717, 1.165) is 4.90 Å². The molecule has 1 aliphatic rings. The van der Waals surface area contributed by atoms with E-state index in [0.29, 0.717) is 0 Å². The van der Waals surface area contributed by atoms with E-state index in [-0.39, 0.29) is 13.0 Å². The molecule has 1 aliphatic heterocycles. The van der Waals surface area contributed by atoms with Gasteiger partial charge in [-0.3, -0.25) is 4.79 Å². The fourth-order valence-corrected chi connectivity index (χ4v) is 1.70. The Kier molecular flexibility index (Phi) is 3.15. The van der Waals surface area contributed by atoms with Crippen molar-refractivity contribution in [2.24, 2.45) is 11.5 Å². The van der Waals surface area contributed by atoms with Crippen molar-refractivity contribution in [3.05, 3.63) is 0 Å². The van der Waals surface area contributed by atoms with Crippen LogP contribution < -0.4 is 11.5 Å². The van der Waals surface area contributed by atoms with Gasteiger partial charge >= 0.3 is 6.03 Å². The molecule has 1 unspecified atom stereocenters. The molecule has 0 radical (unpaired) electrons. The zero-order valence-corrected chi connectivity index (χ0v) is 8.73. The number of amides is 3.